The Bertz CT molecular complexity index is 1050. The van der Waals surface area contributed by atoms with Crippen molar-refractivity contribution in [3.63, 3.8) is 0 Å². The summed E-state index contributed by atoms with van der Waals surface area (Å²) in [5.74, 6) is 0.852. The molecule has 0 bridgehead atoms. The summed E-state index contributed by atoms with van der Waals surface area (Å²) in [6.45, 7) is 6.36. The fourth-order valence-electron chi connectivity index (χ4n) is 3.06. The van der Waals surface area contributed by atoms with Crippen molar-refractivity contribution in [2.45, 2.75) is 20.8 Å². The van der Waals surface area contributed by atoms with E-state index < -0.39 is 0 Å². The Balaban J connectivity index is 1.85. The maximum Gasteiger partial charge on any atom is 0.143 e. The average Bonchev–Trinajstić information content (AvgIpc) is 3.02. The molecule has 2 aromatic carbocycles. The van der Waals surface area contributed by atoms with Crippen LogP contribution in [0.2, 0.25) is 0 Å². The van der Waals surface area contributed by atoms with E-state index in [2.05, 4.69) is 83.9 Å². The molecule has 0 fully saturated rings. The Morgan fingerprint density at radius 3 is 2.36 bits per heavy atom. The minimum atomic E-state index is 0.852. The summed E-state index contributed by atoms with van der Waals surface area (Å²) in [7, 11) is 0. The lowest BCUT2D eigenvalue weighted by Gasteiger charge is -2.10. The van der Waals surface area contributed by atoms with Crippen molar-refractivity contribution >= 4 is 33.1 Å². The molecule has 1 N–H and O–H groups in total. The van der Waals surface area contributed by atoms with E-state index in [1.54, 1.807) is 17.7 Å². The number of rotatable bonds is 3. The lowest BCUT2D eigenvalue weighted by molar-refractivity contribution is 1.23. The number of aryl methyl sites for hydroxylation is 3. The van der Waals surface area contributed by atoms with E-state index in [0.717, 1.165) is 21.7 Å². The highest BCUT2D eigenvalue weighted by Crippen LogP contribution is 2.38. The van der Waals surface area contributed by atoms with E-state index in [1.807, 2.05) is 0 Å². The number of benzene rings is 2. The van der Waals surface area contributed by atoms with Gasteiger partial charge in [0, 0.05) is 16.6 Å². The van der Waals surface area contributed by atoms with Crippen LogP contribution in [-0.2, 0) is 0 Å². The van der Waals surface area contributed by atoms with Crippen molar-refractivity contribution in [2.24, 2.45) is 0 Å². The topological polar surface area (TPSA) is 37.8 Å². The Hall–Kier alpha value is -2.72. The van der Waals surface area contributed by atoms with Crippen LogP contribution in [0.3, 0.4) is 0 Å². The van der Waals surface area contributed by atoms with Crippen LogP contribution < -0.4 is 5.32 Å². The van der Waals surface area contributed by atoms with E-state index in [1.165, 1.54) is 27.8 Å². The third-order valence-corrected chi connectivity index (χ3v) is 5.24. The number of aromatic nitrogens is 2. The summed E-state index contributed by atoms with van der Waals surface area (Å²) < 4.78 is 0. The van der Waals surface area contributed by atoms with Gasteiger partial charge in [0.05, 0.1) is 5.39 Å². The summed E-state index contributed by atoms with van der Waals surface area (Å²) in [5, 5.41) is 6.72. The molecule has 124 valence electrons. The van der Waals surface area contributed by atoms with Gasteiger partial charge >= 0.3 is 0 Å². The van der Waals surface area contributed by atoms with Crippen LogP contribution in [0.1, 0.15) is 16.7 Å². The molecule has 0 aliphatic heterocycles. The molecule has 25 heavy (non-hydrogen) atoms. The minimum Gasteiger partial charge on any atom is -0.340 e. The number of thiophene rings is 1. The molecule has 0 saturated carbocycles. The zero-order valence-electron chi connectivity index (χ0n) is 14.5. The Kier molecular flexibility index (Phi) is 3.98. The van der Waals surface area contributed by atoms with Gasteiger partial charge in [-0.25, -0.2) is 9.97 Å². The molecule has 4 aromatic rings. The highest BCUT2D eigenvalue weighted by Gasteiger charge is 2.14. The summed E-state index contributed by atoms with van der Waals surface area (Å²) >= 11 is 1.66. The summed E-state index contributed by atoms with van der Waals surface area (Å²) in [4.78, 5) is 9.97. The number of hydrogen-bond donors (Lipinski definition) is 1. The van der Waals surface area contributed by atoms with Gasteiger partial charge in [-0.2, -0.15) is 0 Å². The van der Waals surface area contributed by atoms with Gasteiger partial charge in [0.25, 0.3) is 0 Å². The number of fused-ring (bicyclic) bond motifs is 1. The molecule has 2 heterocycles. The fraction of sp³-hybridized carbons (Fsp3) is 0.143. The van der Waals surface area contributed by atoms with Gasteiger partial charge in [-0.05, 0) is 44.0 Å². The molecule has 0 atom stereocenters. The first-order valence-corrected chi connectivity index (χ1v) is 9.13. The maximum absolute atomic E-state index is 4.51. The standard InChI is InChI=1S/C21H19N3S/c1-13-4-7-16(8-5-13)24-20-19-18(11-25-21(19)23-12-22-20)17-9-6-14(2)10-15(17)3/h4-12H,1-3H3,(H,22,23,24). The van der Waals surface area contributed by atoms with E-state index in [-0.39, 0.29) is 0 Å². The highest BCUT2D eigenvalue weighted by molar-refractivity contribution is 7.17. The second-order valence-corrected chi connectivity index (χ2v) is 7.22. The normalized spacial score (nSPS) is 11.0. The number of nitrogens with zero attached hydrogens (tertiary/aromatic N) is 2. The van der Waals surface area contributed by atoms with Crippen molar-refractivity contribution in [3.05, 3.63) is 70.9 Å². The minimum absolute atomic E-state index is 0.852. The number of nitrogens with one attached hydrogen (secondary N) is 1. The quantitative estimate of drug-likeness (QED) is 0.493. The molecule has 0 spiro atoms. The molecule has 0 unspecified atom stereocenters. The first kappa shape index (κ1) is 15.8. The van der Waals surface area contributed by atoms with Gasteiger partial charge < -0.3 is 5.32 Å². The molecule has 0 aliphatic rings. The first-order valence-electron chi connectivity index (χ1n) is 8.25. The smallest absolute Gasteiger partial charge is 0.143 e. The van der Waals surface area contributed by atoms with E-state index in [0.29, 0.717) is 0 Å². The van der Waals surface area contributed by atoms with Crippen LogP contribution in [0.5, 0.6) is 0 Å². The fourth-order valence-corrected chi connectivity index (χ4v) is 3.96. The number of anilines is 2. The second-order valence-electron chi connectivity index (χ2n) is 6.36. The van der Waals surface area contributed by atoms with Gasteiger partial charge in [-0.3, -0.25) is 0 Å². The lowest BCUT2D eigenvalue weighted by atomic mass is 9.99. The number of hydrogen-bond acceptors (Lipinski definition) is 4. The molecule has 4 heteroatoms. The van der Waals surface area contributed by atoms with Crippen LogP contribution in [0, 0.1) is 20.8 Å². The maximum atomic E-state index is 4.51. The van der Waals surface area contributed by atoms with Gasteiger partial charge in [0.15, 0.2) is 0 Å². The Morgan fingerprint density at radius 1 is 0.840 bits per heavy atom. The molecule has 0 amide bonds. The molecule has 0 saturated heterocycles. The Labute approximate surface area is 151 Å². The van der Waals surface area contributed by atoms with E-state index >= 15 is 0 Å². The molecular weight excluding hydrogens is 326 g/mol. The monoisotopic (exact) mass is 345 g/mol. The molecule has 3 nitrogen and oxygen atoms in total. The van der Waals surface area contributed by atoms with Gasteiger partial charge in [0.2, 0.25) is 0 Å². The zero-order valence-corrected chi connectivity index (χ0v) is 15.3. The van der Waals surface area contributed by atoms with Crippen molar-refractivity contribution in [1.29, 1.82) is 0 Å². The van der Waals surface area contributed by atoms with Gasteiger partial charge in [0.1, 0.15) is 17.0 Å². The van der Waals surface area contributed by atoms with E-state index in [4.69, 9.17) is 0 Å². The largest absolute Gasteiger partial charge is 0.340 e. The SMILES string of the molecule is Cc1ccc(Nc2ncnc3scc(-c4ccc(C)cc4C)c23)cc1. The van der Waals surface area contributed by atoms with Crippen LogP contribution in [0.25, 0.3) is 21.3 Å². The van der Waals surface area contributed by atoms with Crippen LogP contribution in [-0.4, -0.2) is 9.97 Å². The average molecular weight is 345 g/mol. The Morgan fingerprint density at radius 2 is 1.60 bits per heavy atom. The van der Waals surface area contributed by atoms with Gasteiger partial charge in [-0.15, -0.1) is 11.3 Å². The van der Waals surface area contributed by atoms with Crippen molar-refractivity contribution in [3.8, 4) is 11.1 Å². The summed E-state index contributed by atoms with van der Waals surface area (Å²) in [6.07, 6.45) is 1.63. The molecule has 4 rings (SSSR count). The predicted molar refractivity (Wildman–Crippen MR) is 107 cm³/mol. The summed E-state index contributed by atoms with van der Waals surface area (Å²) in [5.41, 5.74) is 7.24. The third-order valence-electron chi connectivity index (χ3n) is 4.36. The first-order chi connectivity index (χ1) is 12.1. The van der Waals surface area contributed by atoms with Crippen molar-refractivity contribution in [2.75, 3.05) is 5.32 Å². The van der Waals surface area contributed by atoms with E-state index in [9.17, 15) is 0 Å². The van der Waals surface area contributed by atoms with Crippen LogP contribution in [0.4, 0.5) is 11.5 Å². The third kappa shape index (κ3) is 3.01. The summed E-state index contributed by atoms with van der Waals surface area (Å²) in [6, 6.07) is 14.9. The van der Waals surface area contributed by atoms with Crippen molar-refractivity contribution in [1.82, 2.24) is 9.97 Å². The molecule has 0 aliphatic carbocycles. The lowest BCUT2D eigenvalue weighted by Crippen LogP contribution is -1.96. The van der Waals surface area contributed by atoms with Crippen LogP contribution >= 0.6 is 11.3 Å². The molecular formula is C21H19N3S. The molecule has 2 aromatic heterocycles. The van der Waals surface area contributed by atoms with Gasteiger partial charge in [-0.1, -0.05) is 41.5 Å². The zero-order chi connectivity index (χ0) is 17.4. The van der Waals surface area contributed by atoms with Crippen LogP contribution in [0.15, 0.2) is 54.2 Å². The predicted octanol–water partition coefficient (Wildman–Crippen LogP) is 6.03. The highest BCUT2D eigenvalue weighted by atomic mass is 32.1. The molecule has 0 radical (unpaired) electrons. The second kappa shape index (κ2) is 6.30. The van der Waals surface area contributed by atoms with Crippen molar-refractivity contribution < 1.29 is 0 Å².